The van der Waals surface area contributed by atoms with Crippen LogP contribution in [0.4, 0.5) is 5.82 Å². The summed E-state index contributed by atoms with van der Waals surface area (Å²) >= 11 is 0. The van der Waals surface area contributed by atoms with Gasteiger partial charge >= 0.3 is 0 Å². The number of hydrogen-bond acceptors (Lipinski definition) is 5. The van der Waals surface area contributed by atoms with Crippen molar-refractivity contribution < 1.29 is 9.53 Å². The number of carbonyl (C=O) groups excluding carboxylic acids is 1. The van der Waals surface area contributed by atoms with E-state index in [2.05, 4.69) is 35.2 Å². The fraction of sp³-hybridized carbons (Fsp3) is 0.500. The first-order chi connectivity index (χ1) is 13.5. The fourth-order valence-corrected chi connectivity index (χ4v) is 4.36. The summed E-state index contributed by atoms with van der Waals surface area (Å²) in [6.07, 6.45) is 8.74. The molecule has 1 aliphatic carbocycles. The molecule has 1 atom stereocenters. The smallest absolute Gasteiger partial charge is 0.253 e. The van der Waals surface area contributed by atoms with Crippen molar-refractivity contribution in [2.45, 2.75) is 57.9 Å². The molecule has 0 aromatic carbocycles. The van der Waals surface area contributed by atoms with E-state index in [1.165, 1.54) is 11.8 Å². The maximum absolute atomic E-state index is 12.6. The predicted molar refractivity (Wildman–Crippen MR) is 110 cm³/mol. The lowest BCUT2D eigenvalue weighted by Gasteiger charge is -2.34. The summed E-state index contributed by atoms with van der Waals surface area (Å²) in [5.74, 6) is 2.09. The molecule has 1 aliphatic rings. The van der Waals surface area contributed by atoms with Crippen LogP contribution in [0.15, 0.2) is 30.6 Å². The second-order valence-electron chi connectivity index (χ2n) is 7.61. The van der Waals surface area contributed by atoms with Crippen LogP contribution in [0.2, 0.25) is 0 Å². The number of anilines is 1. The van der Waals surface area contributed by atoms with Gasteiger partial charge in [0.15, 0.2) is 0 Å². The summed E-state index contributed by atoms with van der Waals surface area (Å²) in [4.78, 5) is 20.9. The topological polar surface area (TPSA) is 90.1 Å². The molecule has 2 heterocycles. The van der Waals surface area contributed by atoms with Gasteiger partial charge in [-0.2, -0.15) is 0 Å². The number of nitrogens with zero attached hydrogens (tertiary/aromatic N) is 2. The first-order valence-corrected chi connectivity index (χ1v) is 10.0. The Morgan fingerprint density at radius 1 is 1.25 bits per heavy atom. The molecule has 1 saturated carbocycles. The van der Waals surface area contributed by atoms with Crippen LogP contribution in [-0.2, 0) is 0 Å². The molecule has 0 unspecified atom stereocenters. The van der Waals surface area contributed by atoms with Crippen LogP contribution in [0.1, 0.15) is 66.4 Å². The van der Waals surface area contributed by atoms with Crippen LogP contribution in [-0.4, -0.2) is 29.0 Å². The van der Waals surface area contributed by atoms with Crippen LogP contribution in [0, 0.1) is 12.8 Å². The van der Waals surface area contributed by atoms with Crippen molar-refractivity contribution in [3.05, 3.63) is 47.3 Å². The van der Waals surface area contributed by atoms with E-state index < -0.39 is 0 Å². The second kappa shape index (κ2) is 9.04. The zero-order chi connectivity index (χ0) is 20.1. The molecule has 1 amide bonds. The monoisotopic (exact) mass is 382 g/mol. The van der Waals surface area contributed by atoms with Gasteiger partial charge in [0.25, 0.3) is 5.91 Å². The number of ether oxygens (including phenoxy) is 1. The van der Waals surface area contributed by atoms with E-state index in [0.29, 0.717) is 23.2 Å². The summed E-state index contributed by atoms with van der Waals surface area (Å²) in [6, 6.07) is 5.68. The lowest BCUT2D eigenvalue weighted by molar-refractivity contribution is 0.0909. The van der Waals surface area contributed by atoms with Gasteiger partial charge in [-0.3, -0.25) is 4.79 Å². The first kappa shape index (κ1) is 20.1. The second-order valence-corrected chi connectivity index (χ2v) is 7.61. The maximum Gasteiger partial charge on any atom is 0.253 e. The number of carbonyl (C=O) groups is 1. The van der Waals surface area contributed by atoms with Crippen LogP contribution >= 0.6 is 0 Å². The highest BCUT2D eigenvalue weighted by molar-refractivity contribution is 5.94. The Hall–Kier alpha value is -2.63. The standard InChI is InChI=1S/C22H30N4O2/c1-4-19(26-21(27)17-9-10-20(23)25-13-17)16-7-5-15(6-8-16)18-11-12-24-22(28-3)14(18)2/h9-13,15-16,19H,4-8H2,1-3H3,(H2,23,25)(H,26,27)/t15-,16+,19-/m1/s1. The molecule has 6 heteroatoms. The van der Waals surface area contributed by atoms with E-state index in [1.54, 1.807) is 19.2 Å². The first-order valence-electron chi connectivity index (χ1n) is 10.0. The van der Waals surface area contributed by atoms with Crippen LogP contribution < -0.4 is 15.8 Å². The van der Waals surface area contributed by atoms with Gasteiger partial charge < -0.3 is 15.8 Å². The molecule has 6 nitrogen and oxygen atoms in total. The van der Waals surface area contributed by atoms with Gasteiger partial charge in [-0.05, 0) is 74.6 Å². The van der Waals surface area contributed by atoms with Crippen LogP contribution in [0.5, 0.6) is 5.88 Å². The number of hydrogen-bond donors (Lipinski definition) is 2. The summed E-state index contributed by atoms with van der Waals surface area (Å²) in [5.41, 5.74) is 8.65. The van der Waals surface area contributed by atoms with E-state index in [1.807, 2.05) is 6.20 Å². The third-order valence-electron chi connectivity index (χ3n) is 5.98. The van der Waals surface area contributed by atoms with Crippen molar-refractivity contribution in [3.63, 3.8) is 0 Å². The van der Waals surface area contributed by atoms with Gasteiger partial charge in [0.1, 0.15) is 5.82 Å². The lowest BCUT2D eigenvalue weighted by Crippen LogP contribution is -2.41. The minimum absolute atomic E-state index is 0.0730. The summed E-state index contributed by atoms with van der Waals surface area (Å²) in [7, 11) is 1.67. The number of nitrogens with two attached hydrogens (primary N) is 1. The van der Waals surface area contributed by atoms with Gasteiger partial charge in [0.2, 0.25) is 5.88 Å². The van der Waals surface area contributed by atoms with Crippen LogP contribution in [0.25, 0.3) is 0 Å². The Labute approximate surface area is 166 Å². The zero-order valence-corrected chi connectivity index (χ0v) is 16.9. The van der Waals surface area contributed by atoms with Crippen molar-refractivity contribution in [3.8, 4) is 5.88 Å². The molecule has 0 spiro atoms. The fourth-order valence-electron chi connectivity index (χ4n) is 4.36. The van der Waals surface area contributed by atoms with Crippen molar-refractivity contribution >= 4 is 11.7 Å². The van der Waals surface area contributed by atoms with Crippen molar-refractivity contribution in [1.29, 1.82) is 0 Å². The molecule has 0 saturated heterocycles. The van der Waals surface area contributed by atoms with E-state index in [-0.39, 0.29) is 11.9 Å². The molecule has 0 radical (unpaired) electrons. The molecular weight excluding hydrogens is 352 g/mol. The van der Waals surface area contributed by atoms with Gasteiger partial charge in [0, 0.05) is 24.0 Å². The Bertz CT molecular complexity index is 799. The molecule has 3 rings (SSSR count). The van der Waals surface area contributed by atoms with Gasteiger partial charge in [-0.25, -0.2) is 9.97 Å². The minimum Gasteiger partial charge on any atom is -0.481 e. The average molecular weight is 383 g/mol. The summed E-state index contributed by atoms with van der Waals surface area (Å²) in [6.45, 7) is 4.22. The number of methoxy groups -OCH3 is 1. The SMILES string of the molecule is CC[C@@H](NC(=O)c1ccc(N)nc1)[C@H]1CC[C@@H](c2ccnc(OC)c2C)CC1. The largest absolute Gasteiger partial charge is 0.481 e. The van der Waals surface area contributed by atoms with E-state index in [0.717, 1.165) is 43.5 Å². The number of aromatic nitrogens is 2. The zero-order valence-electron chi connectivity index (χ0n) is 16.9. The predicted octanol–water partition coefficient (Wildman–Crippen LogP) is 3.86. The number of nitrogen functional groups attached to an aromatic ring is 1. The van der Waals surface area contributed by atoms with Gasteiger partial charge in [-0.15, -0.1) is 0 Å². The molecule has 3 N–H and O–H groups in total. The Morgan fingerprint density at radius 3 is 2.61 bits per heavy atom. The molecule has 0 aliphatic heterocycles. The third-order valence-corrected chi connectivity index (χ3v) is 5.98. The average Bonchev–Trinajstić information content (AvgIpc) is 2.73. The summed E-state index contributed by atoms with van der Waals surface area (Å²) < 4.78 is 5.37. The van der Waals surface area contributed by atoms with Gasteiger partial charge in [0.05, 0.1) is 12.7 Å². The van der Waals surface area contributed by atoms with Gasteiger partial charge in [-0.1, -0.05) is 6.92 Å². The molecule has 2 aromatic heterocycles. The Kier molecular flexibility index (Phi) is 6.49. The summed E-state index contributed by atoms with van der Waals surface area (Å²) in [5, 5.41) is 3.21. The minimum atomic E-state index is -0.0730. The number of amides is 1. The van der Waals surface area contributed by atoms with E-state index in [4.69, 9.17) is 10.5 Å². The molecule has 150 valence electrons. The van der Waals surface area contributed by atoms with Crippen LogP contribution in [0.3, 0.4) is 0 Å². The molecule has 2 aromatic rings. The molecular formula is C22H30N4O2. The maximum atomic E-state index is 12.6. The lowest BCUT2D eigenvalue weighted by atomic mass is 9.75. The molecule has 0 bridgehead atoms. The third kappa shape index (κ3) is 4.43. The van der Waals surface area contributed by atoms with Crippen molar-refractivity contribution in [2.24, 2.45) is 5.92 Å². The Balaban J connectivity index is 1.61. The van der Waals surface area contributed by atoms with E-state index in [9.17, 15) is 4.79 Å². The highest BCUT2D eigenvalue weighted by atomic mass is 16.5. The molecule has 28 heavy (non-hydrogen) atoms. The quantitative estimate of drug-likeness (QED) is 0.792. The normalized spacial score (nSPS) is 20.4. The van der Waals surface area contributed by atoms with E-state index >= 15 is 0 Å². The highest BCUT2D eigenvalue weighted by Gasteiger charge is 2.29. The number of pyridine rings is 2. The van der Waals surface area contributed by atoms with Crippen molar-refractivity contribution in [1.82, 2.24) is 15.3 Å². The highest BCUT2D eigenvalue weighted by Crippen LogP contribution is 2.39. The number of rotatable bonds is 6. The van der Waals surface area contributed by atoms with Crippen molar-refractivity contribution in [2.75, 3.05) is 12.8 Å². The number of nitrogens with one attached hydrogen (secondary N) is 1. The Morgan fingerprint density at radius 2 is 2.00 bits per heavy atom. The molecule has 1 fully saturated rings.